The van der Waals surface area contributed by atoms with Gasteiger partial charge in [-0.15, -0.1) is 0 Å². The number of nitrogens with one attached hydrogen (secondary N) is 1. The Balaban J connectivity index is 2.55. The quantitative estimate of drug-likeness (QED) is 0.845. The maximum atomic E-state index is 11.9. The third kappa shape index (κ3) is 2.08. The van der Waals surface area contributed by atoms with Crippen molar-refractivity contribution in [2.24, 2.45) is 0 Å². The van der Waals surface area contributed by atoms with Gasteiger partial charge in [0.2, 0.25) is 0 Å². The number of H-pyrrole nitrogens is 1. The summed E-state index contributed by atoms with van der Waals surface area (Å²) >= 11 is 0. The van der Waals surface area contributed by atoms with Gasteiger partial charge in [0.1, 0.15) is 0 Å². The minimum atomic E-state index is -0.880. The summed E-state index contributed by atoms with van der Waals surface area (Å²) in [6.07, 6.45) is -0.0369. The first-order chi connectivity index (χ1) is 7.99. The molecule has 0 bridgehead atoms. The number of carboxylic acid groups (broad SMARTS) is 1. The van der Waals surface area contributed by atoms with E-state index in [1.807, 2.05) is 13.8 Å². The Morgan fingerprint density at radius 3 is 2.76 bits per heavy atom. The Morgan fingerprint density at radius 2 is 2.18 bits per heavy atom. The highest BCUT2D eigenvalue weighted by Gasteiger charge is 2.10. The number of aromatic amines is 1. The summed E-state index contributed by atoms with van der Waals surface area (Å²) in [7, 11) is 0. The molecule has 5 nitrogen and oxygen atoms in total. The lowest BCUT2D eigenvalue weighted by Crippen LogP contribution is -2.18. The van der Waals surface area contributed by atoms with Gasteiger partial charge in [0, 0.05) is 6.04 Å². The molecule has 2 rings (SSSR count). The van der Waals surface area contributed by atoms with Crippen LogP contribution in [-0.2, 0) is 11.2 Å². The summed E-state index contributed by atoms with van der Waals surface area (Å²) in [4.78, 5) is 22.5. The minimum absolute atomic E-state index is 0.0369. The second kappa shape index (κ2) is 4.08. The number of benzene rings is 1. The summed E-state index contributed by atoms with van der Waals surface area (Å²) < 4.78 is 1.54. The average Bonchev–Trinajstić information content (AvgIpc) is 2.55. The van der Waals surface area contributed by atoms with Gasteiger partial charge in [-0.25, -0.2) is 4.68 Å². The van der Waals surface area contributed by atoms with Crippen molar-refractivity contribution in [1.29, 1.82) is 0 Å². The van der Waals surface area contributed by atoms with Gasteiger partial charge in [-0.3, -0.25) is 14.7 Å². The molecule has 0 unspecified atom stereocenters. The van der Waals surface area contributed by atoms with Crippen molar-refractivity contribution >= 4 is 16.9 Å². The summed E-state index contributed by atoms with van der Waals surface area (Å²) in [5, 5.41) is 12.3. The Hall–Kier alpha value is -2.04. The molecule has 0 spiro atoms. The predicted octanol–water partition coefficient (Wildman–Crippen LogP) is 1.54. The maximum absolute atomic E-state index is 11.9. The van der Waals surface area contributed by atoms with E-state index in [9.17, 15) is 9.59 Å². The van der Waals surface area contributed by atoms with E-state index >= 15 is 0 Å². The lowest BCUT2D eigenvalue weighted by atomic mass is 10.1. The van der Waals surface area contributed by atoms with Gasteiger partial charge in [0.05, 0.1) is 17.3 Å². The van der Waals surface area contributed by atoms with Gasteiger partial charge >= 0.3 is 5.97 Å². The Morgan fingerprint density at radius 1 is 1.47 bits per heavy atom. The highest BCUT2D eigenvalue weighted by molar-refractivity contribution is 5.80. The first kappa shape index (κ1) is 11.4. The van der Waals surface area contributed by atoms with Crippen molar-refractivity contribution < 1.29 is 9.90 Å². The highest BCUT2D eigenvalue weighted by atomic mass is 16.4. The second-order valence-electron chi connectivity index (χ2n) is 4.33. The monoisotopic (exact) mass is 234 g/mol. The first-order valence-corrected chi connectivity index (χ1v) is 5.44. The van der Waals surface area contributed by atoms with Crippen molar-refractivity contribution in [3.8, 4) is 0 Å². The molecule has 1 aromatic heterocycles. The number of carboxylic acids is 1. The number of carbonyl (C=O) groups is 1. The number of aliphatic carboxylic acids is 1. The lowest BCUT2D eigenvalue weighted by Gasteiger charge is -2.03. The van der Waals surface area contributed by atoms with E-state index in [0.717, 1.165) is 0 Å². The SMILES string of the molecule is CC(C)n1[nH]c2cc(CC(=O)O)ccc2c1=O. The zero-order chi connectivity index (χ0) is 12.6. The van der Waals surface area contributed by atoms with Crippen LogP contribution in [0.4, 0.5) is 0 Å². The lowest BCUT2D eigenvalue weighted by molar-refractivity contribution is -0.136. The second-order valence-corrected chi connectivity index (χ2v) is 4.33. The van der Waals surface area contributed by atoms with Crippen LogP contribution in [-0.4, -0.2) is 20.9 Å². The number of hydrogen-bond donors (Lipinski definition) is 2. The number of hydrogen-bond acceptors (Lipinski definition) is 2. The zero-order valence-corrected chi connectivity index (χ0v) is 9.73. The smallest absolute Gasteiger partial charge is 0.307 e. The molecule has 0 amide bonds. The van der Waals surface area contributed by atoms with Crippen LogP contribution >= 0.6 is 0 Å². The Bertz CT molecular complexity index is 622. The molecule has 90 valence electrons. The molecule has 0 saturated heterocycles. The largest absolute Gasteiger partial charge is 0.481 e. The number of nitrogens with zero attached hydrogens (tertiary/aromatic N) is 1. The molecule has 0 aliphatic carbocycles. The number of fused-ring (bicyclic) bond motifs is 1. The van der Waals surface area contributed by atoms with Gasteiger partial charge in [-0.1, -0.05) is 6.07 Å². The molecule has 0 radical (unpaired) electrons. The van der Waals surface area contributed by atoms with Crippen LogP contribution in [0.1, 0.15) is 25.5 Å². The van der Waals surface area contributed by atoms with Crippen LogP contribution in [0.25, 0.3) is 10.9 Å². The molecular formula is C12H14N2O3. The van der Waals surface area contributed by atoms with Gasteiger partial charge in [0.15, 0.2) is 0 Å². The van der Waals surface area contributed by atoms with E-state index in [0.29, 0.717) is 16.5 Å². The van der Waals surface area contributed by atoms with Crippen LogP contribution in [0.15, 0.2) is 23.0 Å². The molecule has 0 saturated carbocycles. The normalized spacial score (nSPS) is 11.2. The fourth-order valence-corrected chi connectivity index (χ4v) is 1.83. The predicted molar refractivity (Wildman–Crippen MR) is 64.3 cm³/mol. The maximum Gasteiger partial charge on any atom is 0.307 e. The minimum Gasteiger partial charge on any atom is -0.481 e. The molecule has 0 aliphatic rings. The zero-order valence-electron chi connectivity index (χ0n) is 9.73. The molecular weight excluding hydrogens is 220 g/mol. The molecule has 1 heterocycles. The van der Waals surface area contributed by atoms with E-state index in [4.69, 9.17) is 5.11 Å². The molecule has 17 heavy (non-hydrogen) atoms. The van der Waals surface area contributed by atoms with Crippen LogP contribution in [0.5, 0.6) is 0 Å². The third-order valence-corrected chi connectivity index (χ3v) is 2.65. The number of rotatable bonds is 3. The van der Waals surface area contributed by atoms with Crippen LogP contribution in [0, 0.1) is 0 Å². The highest BCUT2D eigenvalue weighted by Crippen LogP contribution is 2.13. The van der Waals surface area contributed by atoms with Crippen LogP contribution in [0.3, 0.4) is 0 Å². The molecule has 2 aromatic rings. The van der Waals surface area contributed by atoms with Gasteiger partial charge in [-0.2, -0.15) is 0 Å². The molecule has 0 atom stereocenters. The molecule has 5 heteroatoms. The van der Waals surface area contributed by atoms with Crippen molar-refractivity contribution in [1.82, 2.24) is 9.78 Å². The van der Waals surface area contributed by atoms with E-state index in [1.54, 1.807) is 18.2 Å². The van der Waals surface area contributed by atoms with Crippen LogP contribution < -0.4 is 5.56 Å². The molecule has 0 fully saturated rings. The van der Waals surface area contributed by atoms with Gasteiger partial charge < -0.3 is 5.11 Å². The Kier molecular flexibility index (Phi) is 2.75. The van der Waals surface area contributed by atoms with Gasteiger partial charge in [-0.05, 0) is 31.5 Å². The fourth-order valence-electron chi connectivity index (χ4n) is 1.83. The molecule has 2 N–H and O–H groups in total. The average molecular weight is 234 g/mol. The van der Waals surface area contributed by atoms with E-state index in [-0.39, 0.29) is 18.0 Å². The van der Waals surface area contributed by atoms with E-state index in [2.05, 4.69) is 5.10 Å². The van der Waals surface area contributed by atoms with Crippen molar-refractivity contribution in [2.45, 2.75) is 26.3 Å². The fraction of sp³-hybridized carbons (Fsp3) is 0.333. The summed E-state index contributed by atoms with van der Waals surface area (Å²) in [5.74, 6) is -0.880. The van der Waals surface area contributed by atoms with Crippen molar-refractivity contribution in [3.05, 3.63) is 34.1 Å². The summed E-state index contributed by atoms with van der Waals surface area (Å²) in [6.45, 7) is 3.82. The Labute approximate surface area is 97.7 Å². The topological polar surface area (TPSA) is 75.1 Å². The third-order valence-electron chi connectivity index (χ3n) is 2.65. The van der Waals surface area contributed by atoms with Crippen molar-refractivity contribution in [3.63, 3.8) is 0 Å². The van der Waals surface area contributed by atoms with Crippen LogP contribution in [0.2, 0.25) is 0 Å². The van der Waals surface area contributed by atoms with Crippen molar-refractivity contribution in [2.75, 3.05) is 0 Å². The van der Waals surface area contributed by atoms with E-state index < -0.39 is 5.97 Å². The molecule has 0 aliphatic heterocycles. The summed E-state index contributed by atoms with van der Waals surface area (Å²) in [6, 6.07) is 5.11. The van der Waals surface area contributed by atoms with E-state index in [1.165, 1.54) is 4.68 Å². The molecule has 1 aromatic carbocycles. The van der Waals surface area contributed by atoms with Gasteiger partial charge in [0.25, 0.3) is 5.56 Å². The summed E-state index contributed by atoms with van der Waals surface area (Å²) in [5.41, 5.74) is 1.29. The standard InChI is InChI=1S/C12H14N2O3/c1-7(2)14-12(17)9-4-3-8(6-11(15)16)5-10(9)13-14/h3-5,7,13H,6H2,1-2H3,(H,15,16). The number of aromatic nitrogens is 2. The first-order valence-electron chi connectivity index (χ1n) is 5.44.